The van der Waals surface area contributed by atoms with Gasteiger partial charge in [0.05, 0.1) is 0 Å². The van der Waals surface area contributed by atoms with Crippen LogP contribution < -0.4 is 51.1 Å². The number of carbonyl (C=O) groups excluding carboxylic acids is 5. The average Bonchev–Trinajstić information content (AvgIpc) is 1.94. The van der Waals surface area contributed by atoms with Crippen LogP contribution in [0.15, 0.2) is 0 Å². The second kappa shape index (κ2) is 156. The normalized spacial score (nSPS) is 3.53. The number of hydrogen-bond donors (Lipinski definition) is 0. The summed E-state index contributed by atoms with van der Waals surface area (Å²) in [7, 11) is 0. The molecule has 0 fully saturated rings. The largest absolute Gasteiger partial charge is 3.00 e. The zero-order chi connectivity index (χ0) is 17.9. The monoisotopic (exact) mass is 685 g/mol. The summed E-state index contributed by atoms with van der Waals surface area (Å²) in [6.07, 6.45) is -11.7. The van der Waals surface area contributed by atoms with Crippen molar-refractivity contribution in [3.05, 3.63) is 0 Å². The summed E-state index contributed by atoms with van der Waals surface area (Å²) in [5.74, 6) is 0. The average molecular weight is 685 g/mol. The van der Waals surface area contributed by atoms with Gasteiger partial charge in [0.2, 0.25) is 0 Å². The smallest absolute Gasteiger partial charge is 0.870 e. The Morgan fingerprint density at radius 3 is 0.294 bits per heavy atom. The van der Waals surface area contributed by atoms with Gasteiger partial charge < -0.3 is 119 Å². The van der Waals surface area contributed by atoms with Crippen molar-refractivity contribution in [1.82, 2.24) is 0 Å². The Morgan fingerprint density at radius 1 is 0.294 bits per heavy atom. The molecule has 0 heterocycles. The molecule has 0 aliphatic heterocycles. The Hall–Kier alpha value is -0.814. The fraction of sp³-hybridized carbons (Fsp3) is 0. The minimum Gasteiger partial charge on any atom is -0.870 e. The fourth-order valence-electron chi connectivity index (χ4n) is 0. The van der Waals surface area contributed by atoms with Crippen molar-refractivity contribution in [2.75, 3.05) is 0 Å². The van der Waals surface area contributed by atoms with E-state index in [0.717, 1.165) is 0 Å². The van der Waals surface area contributed by atoms with Gasteiger partial charge in [-0.25, -0.2) is 0 Å². The van der Waals surface area contributed by atoms with Crippen LogP contribution in [0.25, 0.3) is 0 Å². The van der Waals surface area contributed by atoms with Crippen LogP contribution in [0.4, 0.5) is 24.0 Å². The van der Waals surface area contributed by atoms with E-state index < -0.39 is 30.8 Å². The van der Waals surface area contributed by atoms with Gasteiger partial charge in [0.25, 0.3) is 0 Å². The van der Waals surface area contributed by atoms with E-state index >= 15 is 0 Å². The maximum absolute atomic E-state index is 8.33. The predicted octanol–water partition coefficient (Wildman–Crippen LogP) is -16.7. The van der Waals surface area contributed by atoms with Gasteiger partial charge in [0, 0.05) is 0 Å². The molecule has 0 rings (SSSR count). The second-order valence-corrected chi connectivity index (χ2v) is 1.25. The first kappa shape index (κ1) is 171. The molecule has 0 bridgehead atoms. The molecule has 23 nitrogen and oxygen atoms in total. The molecule has 0 saturated carbocycles. The van der Waals surface area contributed by atoms with Crippen molar-refractivity contribution < 1.29 is 170 Å². The van der Waals surface area contributed by atoms with Crippen LogP contribution in [0.3, 0.4) is 0 Å². The van der Waals surface area contributed by atoms with E-state index in [-0.39, 0.29) is 147 Å². The summed E-state index contributed by atoms with van der Waals surface area (Å²) in [6, 6.07) is 0. The Labute approximate surface area is 251 Å². The van der Waals surface area contributed by atoms with Gasteiger partial charge in [-0.1, -0.05) is 0 Å². The molecule has 0 atom stereocenters. The van der Waals surface area contributed by atoms with Crippen LogP contribution in [0, 0.1) is 0 Å². The molecule has 3 radical (unpaired) electrons. The number of carboxylic acid groups (broad SMARTS) is 10. The fourth-order valence-corrected chi connectivity index (χ4v) is 0. The van der Waals surface area contributed by atoms with Gasteiger partial charge >= 0.3 is 103 Å². The van der Waals surface area contributed by atoms with Gasteiger partial charge in [-0.15, -0.1) is 0 Å². The molecule has 0 aliphatic carbocycles. The molecule has 11 N–H and O–H groups in total. The van der Waals surface area contributed by atoms with Crippen LogP contribution in [-0.4, -0.2) is 127 Å². The number of carbonyl (C=O) groups is 5. The SMILES string of the molecule is O.O.O.O=C([O-])[O-].O=C([O-])[O-].O=C([O-])[O-].O=C([O-])[O-].O=C([O-])[O-].[Al+3].[Al+3].[Al+3].[Mn+2].[Mn+2].[Mn+2].[OH-].[OH-].[OH-].[OH-].[OH-]. The Balaban J connectivity index is -0.00000000441. The number of rotatable bonds is 0. The maximum atomic E-state index is 8.33. The third kappa shape index (κ3) is 42900. The van der Waals surface area contributed by atoms with Crippen molar-refractivity contribution in [2.45, 2.75) is 0 Å². The summed E-state index contributed by atoms with van der Waals surface area (Å²) in [5, 5.41) is 83.3. The molecule has 199 valence electrons. The second-order valence-electron chi connectivity index (χ2n) is 1.25. The van der Waals surface area contributed by atoms with Crippen LogP contribution in [-0.2, 0) is 51.2 Å². The molecule has 0 unspecified atom stereocenters. The molecule has 0 spiro atoms. The molecular weight excluding hydrogens is 674 g/mol. The van der Waals surface area contributed by atoms with E-state index in [1.165, 1.54) is 0 Å². The zero-order valence-electron chi connectivity index (χ0n) is 15.2. The predicted molar refractivity (Wildman–Crippen MR) is 64.8 cm³/mol. The molecule has 0 amide bonds. The first-order valence-corrected chi connectivity index (χ1v) is 3.06. The van der Waals surface area contributed by atoms with E-state index in [1.807, 2.05) is 0 Å². The quantitative estimate of drug-likeness (QED) is 0.214. The van der Waals surface area contributed by atoms with Crippen molar-refractivity contribution in [2.24, 2.45) is 0 Å². The van der Waals surface area contributed by atoms with Gasteiger partial charge in [0.15, 0.2) is 0 Å². The summed E-state index contributed by atoms with van der Waals surface area (Å²) in [5.41, 5.74) is 0. The van der Waals surface area contributed by atoms with Crippen LogP contribution >= 0.6 is 0 Å². The third-order valence-corrected chi connectivity index (χ3v) is 0. The van der Waals surface area contributed by atoms with Crippen LogP contribution in [0.1, 0.15) is 0 Å². The summed E-state index contributed by atoms with van der Waals surface area (Å²) in [6.45, 7) is 0. The van der Waals surface area contributed by atoms with Crippen LogP contribution in [0.2, 0.25) is 0 Å². The summed E-state index contributed by atoms with van der Waals surface area (Å²) >= 11 is 0. The van der Waals surface area contributed by atoms with Crippen molar-refractivity contribution in [3.8, 4) is 0 Å². The van der Waals surface area contributed by atoms with Crippen molar-refractivity contribution >= 4 is 82.9 Å². The topological polar surface area (TPSA) is 560 Å². The molecule has 34 heavy (non-hydrogen) atoms. The van der Waals surface area contributed by atoms with Gasteiger partial charge in [-0.3, -0.25) is 0 Å². The third-order valence-electron chi connectivity index (χ3n) is 0. The van der Waals surface area contributed by atoms with E-state index in [2.05, 4.69) is 0 Å². The van der Waals surface area contributed by atoms with Gasteiger partial charge in [-0.05, 0) is 30.8 Å². The molecule has 0 aliphatic rings. The van der Waals surface area contributed by atoms with E-state index in [0.29, 0.717) is 0 Å². The molecule has 0 saturated heterocycles. The number of hydrogen-bond acceptors (Lipinski definition) is 20. The first-order valence-electron chi connectivity index (χ1n) is 3.06. The summed E-state index contributed by atoms with van der Waals surface area (Å²) < 4.78 is 0. The van der Waals surface area contributed by atoms with Crippen molar-refractivity contribution in [1.29, 1.82) is 0 Å². The van der Waals surface area contributed by atoms with Gasteiger partial charge in [-0.2, -0.15) is 0 Å². The zero-order valence-corrected chi connectivity index (χ0v) is 22.2. The Kier molecular flexibility index (Phi) is 782. The molecule has 0 aromatic rings. The van der Waals surface area contributed by atoms with E-state index in [9.17, 15) is 0 Å². The molecule has 29 heteroatoms. The van der Waals surface area contributed by atoms with E-state index in [1.54, 1.807) is 0 Å². The summed E-state index contributed by atoms with van der Waals surface area (Å²) in [4.78, 5) is 41.7. The molecule has 0 aromatic heterocycles. The standard InChI is InChI=1S/5CH2O3.3Al.3Mn.8H2O/c5*2-1(3)4;;;;;;;;;;;;;;/h5*(H2,2,3,4);;;;;;;8*1H2/q;;;;;3*+3;3*+2;;;;;;;;/p-15. The van der Waals surface area contributed by atoms with Gasteiger partial charge in [0.1, 0.15) is 0 Å². The molecular formula is C5H11Al3Mn3O23. The van der Waals surface area contributed by atoms with Crippen molar-refractivity contribution in [3.63, 3.8) is 0 Å². The molecule has 0 aromatic carbocycles. The Bertz CT molecular complexity index is 233. The minimum atomic E-state index is -2.33. The van der Waals surface area contributed by atoms with Crippen LogP contribution in [0.5, 0.6) is 0 Å². The minimum absolute atomic E-state index is 0. The maximum Gasteiger partial charge on any atom is 3.00 e. The first-order chi connectivity index (χ1) is 8.66. The Morgan fingerprint density at radius 2 is 0.294 bits per heavy atom. The van der Waals surface area contributed by atoms with E-state index in [4.69, 9.17) is 75.0 Å².